The van der Waals surface area contributed by atoms with Gasteiger partial charge < -0.3 is 23.7 Å². The summed E-state index contributed by atoms with van der Waals surface area (Å²) in [4.78, 5) is 19.9. The van der Waals surface area contributed by atoms with E-state index >= 15 is 0 Å². The van der Waals surface area contributed by atoms with Crippen molar-refractivity contribution in [2.24, 2.45) is 0 Å². The quantitative estimate of drug-likeness (QED) is 0.415. The minimum absolute atomic E-state index is 0.104. The zero-order valence-electron chi connectivity index (χ0n) is 23.9. The second-order valence-electron chi connectivity index (χ2n) is 11.9. The molecule has 10 heteroatoms. The molecule has 38 heavy (non-hydrogen) atoms. The molecule has 9 nitrogen and oxygen atoms in total. The zero-order chi connectivity index (χ0) is 27.1. The summed E-state index contributed by atoms with van der Waals surface area (Å²) in [6.07, 6.45) is 0.122. The Morgan fingerprint density at radius 3 is 2.42 bits per heavy atom. The molecule has 2 saturated heterocycles. The molecule has 4 heterocycles. The van der Waals surface area contributed by atoms with Crippen LogP contribution in [0.15, 0.2) is 30.3 Å². The van der Waals surface area contributed by atoms with Crippen LogP contribution in [0, 0.1) is 0 Å². The fourth-order valence-electron chi connectivity index (χ4n) is 4.73. The van der Waals surface area contributed by atoms with Gasteiger partial charge in [0.15, 0.2) is 8.32 Å². The molecular formula is C28H42N6O3Si. The molecular weight excluding hydrogens is 496 g/mol. The number of fused-ring (bicyclic) bond motifs is 1. The third-order valence-electron chi connectivity index (χ3n) is 8.40. The Bertz CT molecular complexity index is 1270. The first-order valence-corrected chi connectivity index (χ1v) is 16.7. The van der Waals surface area contributed by atoms with Gasteiger partial charge in [0.2, 0.25) is 5.95 Å². The molecule has 0 radical (unpaired) electrons. The van der Waals surface area contributed by atoms with Crippen molar-refractivity contribution in [2.75, 3.05) is 49.3 Å². The second kappa shape index (κ2) is 10.6. The molecule has 0 amide bonds. The molecule has 2 atom stereocenters. The van der Waals surface area contributed by atoms with Crippen molar-refractivity contribution in [3.8, 4) is 5.95 Å². The average molecular weight is 539 g/mol. The van der Waals surface area contributed by atoms with Gasteiger partial charge in [0, 0.05) is 25.7 Å². The Balaban J connectivity index is 1.62. The summed E-state index contributed by atoms with van der Waals surface area (Å²) >= 11 is 0. The normalized spacial score (nSPS) is 21.3. The molecule has 0 spiro atoms. The van der Waals surface area contributed by atoms with Crippen LogP contribution in [0.1, 0.15) is 40.4 Å². The Morgan fingerprint density at radius 2 is 1.68 bits per heavy atom. The fourth-order valence-corrected chi connectivity index (χ4v) is 5.65. The summed E-state index contributed by atoms with van der Waals surface area (Å²) in [6, 6.07) is 10.5. The number of imidazole rings is 1. The smallest absolute Gasteiger partial charge is 0.239 e. The monoisotopic (exact) mass is 538 g/mol. The summed E-state index contributed by atoms with van der Waals surface area (Å²) in [5, 5.41) is 0.104. The number of nitrogens with zero attached hydrogens (tertiary/aromatic N) is 6. The minimum Gasteiger partial charge on any atom is -0.409 e. The largest absolute Gasteiger partial charge is 0.409 e. The highest BCUT2D eigenvalue weighted by molar-refractivity contribution is 6.74. The van der Waals surface area contributed by atoms with Crippen molar-refractivity contribution in [3.05, 3.63) is 36.2 Å². The lowest BCUT2D eigenvalue weighted by atomic mass is 10.1. The van der Waals surface area contributed by atoms with E-state index in [1.807, 2.05) is 18.2 Å². The summed E-state index contributed by atoms with van der Waals surface area (Å²) in [5.74, 6) is 3.27. The number of ether oxygens (including phenoxy) is 2. The molecule has 2 aliphatic rings. The Kier molecular flexibility index (Phi) is 7.52. The number of benzene rings is 1. The maximum absolute atomic E-state index is 6.64. The highest BCUT2D eigenvalue weighted by Crippen LogP contribution is 2.37. The first-order chi connectivity index (χ1) is 18.0. The standard InChI is InChI=1S/C28H42N6O3Si/c1-20-21(2)36-17-14-33(20)25-18-24(32-12-15-35-16-13-32)30-27(31-25)34-23-11-9-8-10-22(23)29-26(34)19-37-38(6,7)28(3,4)5/h8-11,18,20-21H,12-17,19H2,1-7H3/t20-,21+/m1/s1. The number of hydrogen-bond donors (Lipinski definition) is 0. The van der Waals surface area contributed by atoms with E-state index in [1.54, 1.807) is 0 Å². The number of para-hydroxylation sites is 2. The van der Waals surface area contributed by atoms with E-state index in [0.717, 1.165) is 48.1 Å². The van der Waals surface area contributed by atoms with Crippen molar-refractivity contribution in [3.63, 3.8) is 0 Å². The van der Waals surface area contributed by atoms with Gasteiger partial charge >= 0.3 is 0 Å². The average Bonchev–Trinajstić information content (AvgIpc) is 3.27. The van der Waals surface area contributed by atoms with E-state index in [9.17, 15) is 0 Å². The number of anilines is 2. The van der Waals surface area contributed by atoms with Gasteiger partial charge in [-0.05, 0) is 44.1 Å². The maximum Gasteiger partial charge on any atom is 0.239 e. The number of rotatable bonds is 6. The summed E-state index contributed by atoms with van der Waals surface area (Å²) < 4.78 is 20.3. The van der Waals surface area contributed by atoms with Gasteiger partial charge in [-0.2, -0.15) is 9.97 Å². The topological polar surface area (TPSA) is 77.8 Å². The van der Waals surface area contributed by atoms with Gasteiger partial charge in [-0.25, -0.2) is 4.98 Å². The molecule has 5 rings (SSSR count). The number of morpholine rings is 2. The summed E-state index contributed by atoms with van der Waals surface area (Å²) in [6.45, 7) is 20.5. The fraction of sp³-hybridized carbons (Fsp3) is 0.607. The lowest BCUT2D eigenvalue weighted by Gasteiger charge is -2.39. The third kappa shape index (κ3) is 5.32. The van der Waals surface area contributed by atoms with Crippen LogP contribution in [0.4, 0.5) is 11.6 Å². The van der Waals surface area contributed by atoms with E-state index < -0.39 is 8.32 Å². The van der Waals surface area contributed by atoms with Crippen molar-refractivity contribution < 1.29 is 13.9 Å². The van der Waals surface area contributed by atoms with Crippen LogP contribution in [0.25, 0.3) is 17.0 Å². The van der Waals surface area contributed by atoms with Gasteiger partial charge in [0.1, 0.15) is 17.5 Å². The van der Waals surface area contributed by atoms with E-state index in [1.165, 1.54) is 0 Å². The highest BCUT2D eigenvalue weighted by Gasteiger charge is 2.37. The van der Waals surface area contributed by atoms with Crippen LogP contribution in [0.3, 0.4) is 0 Å². The summed E-state index contributed by atoms with van der Waals surface area (Å²) in [7, 11) is -1.99. The molecule has 0 saturated carbocycles. The predicted octanol–water partition coefficient (Wildman–Crippen LogP) is 4.79. The molecule has 0 aliphatic carbocycles. The zero-order valence-corrected chi connectivity index (χ0v) is 24.9. The van der Waals surface area contributed by atoms with Crippen LogP contribution in [0.2, 0.25) is 18.1 Å². The number of aromatic nitrogens is 4. The van der Waals surface area contributed by atoms with Gasteiger partial charge in [-0.1, -0.05) is 32.9 Å². The molecule has 206 valence electrons. The van der Waals surface area contributed by atoms with E-state index in [4.69, 9.17) is 28.9 Å². The molecule has 0 unspecified atom stereocenters. The van der Waals surface area contributed by atoms with Gasteiger partial charge in [0.25, 0.3) is 0 Å². The first-order valence-electron chi connectivity index (χ1n) is 13.8. The third-order valence-corrected chi connectivity index (χ3v) is 12.9. The first kappa shape index (κ1) is 27.0. The molecule has 2 fully saturated rings. The van der Waals surface area contributed by atoms with Crippen molar-refractivity contribution in [1.82, 2.24) is 19.5 Å². The molecule has 1 aromatic carbocycles. The van der Waals surface area contributed by atoms with Crippen molar-refractivity contribution >= 4 is 31.0 Å². The molecule has 2 aliphatic heterocycles. The maximum atomic E-state index is 6.64. The van der Waals surface area contributed by atoms with Crippen LogP contribution < -0.4 is 9.80 Å². The Labute approximate surface area is 227 Å². The van der Waals surface area contributed by atoms with Gasteiger partial charge in [-0.3, -0.25) is 4.57 Å². The lowest BCUT2D eigenvalue weighted by molar-refractivity contribution is 0.0281. The molecule has 0 bridgehead atoms. The second-order valence-corrected chi connectivity index (χ2v) is 16.7. The molecule has 3 aromatic rings. The van der Waals surface area contributed by atoms with Crippen molar-refractivity contribution in [2.45, 2.75) is 71.5 Å². The number of hydrogen-bond acceptors (Lipinski definition) is 8. The van der Waals surface area contributed by atoms with E-state index in [-0.39, 0.29) is 17.2 Å². The van der Waals surface area contributed by atoms with Crippen LogP contribution in [-0.2, 0) is 20.5 Å². The Morgan fingerprint density at radius 1 is 0.974 bits per heavy atom. The van der Waals surface area contributed by atoms with Crippen LogP contribution >= 0.6 is 0 Å². The molecule has 2 aromatic heterocycles. The van der Waals surface area contributed by atoms with Gasteiger partial charge in [0.05, 0.1) is 49.6 Å². The predicted molar refractivity (Wildman–Crippen MR) is 154 cm³/mol. The summed E-state index contributed by atoms with van der Waals surface area (Å²) in [5.41, 5.74) is 1.89. The lowest BCUT2D eigenvalue weighted by Crippen LogP contribution is -2.49. The van der Waals surface area contributed by atoms with Crippen molar-refractivity contribution in [1.29, 1.82) is 0 Å². The Hall–Kier alpha value is -2.53. The van der Waals surface area contributed by atoms with Crippen LogP contribution in [-0.4, -0.2) is 79.4 Å². The molecule has 0 N–H and O–H groups in total. The van der Waals surface area contributed by atoms with E-state index in [0.29, 0.717) is 32.4 Å². The SMILES string of the molecule is C[C@@H]1OCCN(c2cc(N3CCOCC3)nc(-n3c(CO[Si](C)(C)C(C)(C)C)nc4ccccc43)n2)[C@@H]1C. The van der Waals surface area contributed by atoms with E-state index in [2.05, 4.69) is 74.2 Å². The minimum atomic E-state index is -1.99. The highest BCUT2D eigenvalue weighted by atomic mass is 28.4. The van der Waals surface area contributed by atoms with Crippen LogP contribution in [0.5, 0.6) is 0 Å². The van der Waals surface area contributed by atoms with Gasteiger partial charge in [-0.15, -0.1) is 0 Å².